The molecule has 1 heterocycles. The van der Waals surface area contributed by atoms with Gasteiger partial charge < -0.3 is 9.47 Å². The van der Waals surface area contributed by atoms with Crippen LogP contribution in [0.3, 0.4) is 0 Å². The molecular weight excluding hydrogens is 328 g/mol. The number of para-hydroxylation sites is 2. The number of aryl methyl sites for hydroxylation is 1. The molecule has 1 aliphatic heterocycles. The highest BCUT2D eigenvalue weighted by atomic mass is 35.5. The van der Waals surface area contributed by atoms with E-state index in [1.165, 1.54) is 0 Å². The number of carbonyl (C=O) groups is 1. The maximum atomic E-state index is 11.9. The molecule has 0 radical (unpaired) electrons. The van der Waals surface area contributed by atoms with Crippen molar-refractivity contribution in [3.05, 3.63) is 58.6 Å². The predicted octanol–water partition coefficient (Wildman–Crippen LogP) is 3.33. The minimum Gasteiger partial charge on any atom is -0.492 e. The van der Waals surface area contributed by atoms with Crippen LogP contribution in [-0.4, -0.2) is 24.8 Å². The van der Waals surface area contributed by atoms with Crippen LogP contribution in [0, 0.1) is 6.92 Å². The van der Waals surface area contributed by atoms with Crippen molar-refractivity contribution in [2.45, 2.75) is 13.3 Å². The minimum atomic E-state index is -0.344. The van der Waals surface area contributed by atoms with Crippen LogP contribution in [0.5, 0.6) is 11.5 Å². The summed E-state index contributed by atoms with van der Waals surface area (Å²) in [6, 6.07) is 12.9. The van der Waals surface area contributed by atoms with Gasteiger partial charge in [-0.25, -0.2) is 5.43 Å². The second kappa shape index (κ2) is 7.36. The summed E-state index contributed by atoms with van der Waals surface area (Å²) in [5.41, 5.74) is 5.29. The number of fused-ring (bicyclic) bond motifs is 1. The van der Waals surface area contributed by atoms with E-state index in [1.54, 1.807) is 24.3 Å². The van der Waals surface area contributed by atoms with Gasteiger partial charge in [0.1, 0.15) is 11.5 Å². The zero-order valence-electron chi connectivity index (χ0n) is 13.2. The van der Waals surface area contributed by atoms with Gasteiger partial charge in [-0.1, -0.05) is 35.9 Å². The third kappa shape index (κ3) is 3.68. The molecule has 3 rings (SSSR count). The highest BCUT2D eigenvalue weighted by Gasteiger charge is 2.18. The van der Waals surface area contributed by atoms with E-state index in [0.29, 0.717) is 23.8 Å². The number of amides is 1. The Balaban J connectivity index is 1.63. The van der Waals surface area contributed by atoms with Gasteiger partial charge in [0.15, 0.2) is 6.61 Å². The zero-order chi connectivity index (χ0) is 16.9. The number of ether oxygens (including phenoxy) is 2. The smallest absolute Gasteiger partial charge is 0.277 e. The second-order valence-electron chi connectivity index (χ2n) is 5.36. The first-order chi connectivity index (χ1) is 11.6. The van der Waals surface area contributed by atoms with Crippen molar-refractivity contribution in [2.24, 2.45) is 5.10 Å². The number of nitrogens with zero attached hydrogens (tertiary/aromatic N) is 1. The third-order valence-electron chi connectivity index (χ3n) is 3.62. The highest BCUT2D eigenvalue weighted by molar-refractivity contribution is 6.32. The minimum absolute atomic E-state index is 0.155. The number of hydrogen-bond donors (Lipinski definition) is 1. The fourth-order valence-electron chi connectivity index (χ4n) is 2.44. The van der Waals surface area contributed by atoms with Crippen LogP contribution in [0.2, 0.25) is 5.02 Å². The molecule has 0 unspecified atom stereocenters. The molecule has 1 amide bonds. The summed E-state index contributed by atoms with van der Waals surface area (Å²) in [5, 5.41) is 4.69. The highest BCUT2D eigenvalue weighted by Crippen LogP contribution is 2.28. The van der Waals surface area contributed by atoms with Crippen molar-refractivity contribution < 1.29 is 14.3 Å². The first-order valence-electron chi connectivity index (χ1n) is 7.60. The fourth-order valence-corrected chi connectivity index (χ4v) is 2.63. The summed E-state index contributed by atoms with van der Waals surface area (Å²) >= 11 is 5.98. The van der Waals surface area contributed by atoms with Crippen LogP contribution >= 0.6 is 11.6 Å². The lowest BCUT2D eigenvalue weighted by Gasteiger charge is -2.20. The Morgan fingerprint density at radius 1 is 1.29 bits per heavy atom. The number of benzene rings is 2. The molecule has 2 aromatic carbocycles. The molecule has 0 spiro atoms. The van der Waals surface area contributed by atoms with Crippen LogP contribution < -0.4 is 14.9 Å². The Kier molecular flexibility index (Phi) is 5.01. The van der Waals surface area contributed by atoms with Crippen LogP contribution in [0.1, 0.15) is 17.5 Å². The van der Waals surface area contributed by atoms with E-state index < -0.39 is 0 Å². The second-order valence-corrected chi connectivity index (χ2v) is 5.77. The largest absolute Gasteiger partial charge is 0.492 e. The molecule has 0 bridgehead atoms. The molecule has 0 aromatic heterocycles. The van der Waals surface area contributed by atoms with E-state index in [9.17, 15) is 4.79 Å². The fraction of sp³-hybridized carbons (Fsp3) is 0.222. The average Bonchev–Trinajstić information content (AvgIpc) is 2.60. The lowest BCUT2D eigenvalue weighted by atomic mass is 10.0. The normalized spacial score (nSPS) is 14.7. The first-order valence-corrected chi connectivity index (χ1v) is 7.98. The van der Waals surface area contributed by atoms with Gasteiger partial charge in [0, 0.05) is 12.0 Å². The number of hydrazone groups is 1. The van der Waals surface area contributed by atoms with Crippen molar-refractivity contribution >= 4 is 23.2 Å². The van der Waals surface area contributed by atoms with Gasteiger partial charge in [0.05, 0.1) is 17.3 Å². The van der Waals surface area contributed by atoms with Crippen molar-refractivity contribution in [1.82, 2.24) is 5.43 Å². The van der Waals surface area contributed by atoms with Gasteiger partial charge in [0.2, 0.25) is 0 Å². The van der Waals surface area contributed by atoms with Crippen molar-refractivity contribution in [1.29, 1.82) is 0 Å². The Morgan fingerprint density at radius 3 is 2.96 bits per heavy atom. The number of halogens is 1. The monoisotopic (exact) mass is 344 g/mol. The topological polar surface area (TPSA) is 59.9 Å². The Labute approximate surface area is 145 Å². The predicted molar refractivity (Wildman–Crippen MR) is 92.9 cm³/mol. The molecule has 0 fully saturated rings. The lowest BCUT2D eigenvalue weighted by Crippen LogP contribution is -2.27. The molecule has 0 saturated heterocycles. The standard InChI is InChI=1S/C18H17ClN2O3/c1-12-5-4-6-13-15(9-10-23-18(12)13)20-21-17(22)11-24-16-8-3-2-7-14(16)19/h2-8H,9-11H2,1H3,(H,21,22)/b20-15-. The van der Waals surface area contributed by atoms with E-state index in [2.05, 4.69) is 10.5 Å². The average molecular weight is 345 g/mol. The molecule has 0 aliphatic carbocycles. The molecular formula is C18H17ClN2O3. The molecule has 0 atom stereocenters. The molecule has 24 heavy (non-hydrogen) atoms. The summed E-state index contributed by atoms with van der Waals surface area (Å²) in [4.78, 5) is 11.9. The number of rotatable bonds is 4. The first kappa shape index (κ1) is 16.3. The van der Waals surface area contributed by atoms with Gasteiger partial charge >= 0.3 is 0 Å². The Morgan fingerprint density at radius 2 is 2.12 bits per heavy atom. The molecule has 124 valence electrons. The van der Waals surface area contributed by atoms with Crippen LogP contribution in [0.25, 0.3) is 0 Å². The lowest BCUT2D eigenvalue weighted by molar-refractivity contribution is -0.123. The number of nitrogens with one attached hydrogen (secondary N) is 1. The van der Waals surface area contributed by atoms with E-state index >= 15 is 0 Å². The maximum absolute atomic E-state index is 11.9. The third-order valence-corrected chi connectivity index (χ3v) is 3.93. The van der Waals surface area contributed by atoms with E-state index in [-0.39, 0.29) is 12.5 Å². The molecule has 5 nitrogen and oxygen atoms in total. The van der Waals surface area contributed by atoms with Gasteiger partial charge in [-0.15, -0.1) is 0 Å². The zero-order valence-corrected chi connectivity index (χ0v) is 14.0. The summed E-state index contributed by atoms with van der Waals surface area (Å²) in [6.07, 6.45) is 0.641. The molecule has 0 saturated carbocycles. The quantitative estimate of drug-likeness (QED) is 0.865. The number of hydrogen-bond acceptors (Lipinski definition) is 4. The van der Waals surface area contributed by atoms with Crippen molar-refractivity contribution in [2.75, 3.05) is 13.2 Å². The van der Waals surface area contributed by atoms with Crippen molar-refractivity contribution in [3.63, 3.8) is 0 Å². The summed E-state index contributed by atoms with van der Waals surface area (Å²) in [7, 11) is 0. The molecule has 1 N–H and O–H groups in total. The SMILES string of the molecule is Cc1cccc2c1OCC/C2=N/NC(=O)COc1ccccc1Cl. The van der Waals surface area contributed by atoms with Crippen LogP contribution in [0.15, 0.2) is 47.6 Å². The number of carbonyl (C=O) groups excluding carboxylic acids is 1. The summed E-state index contributed by atoms with van der Waals surface area (Å²) in [5.74, 6) is 0.946. The van der Waals surface area contributed by atoms with Gasteiger partial charge in [-0.05, 0) is 30.7 Å². The Hall–Kier alpha value is -2.53. The van der Waals surface area contributed by atoms with Gasteiger partial charge in [-0.3, -0.25) is 4.79 Å². The van der Waals surface area contributed by atoms with Gasteiger partial charge in [-0.2, -0.15) is 5.10 Å². The van der Waals surface area contributed by atoms with Crippen LogP contribution in [-0.2, 0) is 4.79 Å². The van der Waals surface area contributed by atoms with E-state index in [0.717, 1.165) is 22.6 Å². The maximum Gasteiger partial charge on any atom is 0.277 e. The summed E-state index contributed by atoms with van der Waals surface area (Å²) in [6.45, 7) is 2.37. The molecule has 2 aromatic rings. The summed E-state index contributed by atoms with van der Waals surface area (Å²) < 4.78 is 11.1. The van der Waals surface area contributed by atoms with E-state index in [4.69, 9.17) is 21.1 Å². The van der Waals surface area contributed by atoms with E-state index in [1.807, 2.05) is 25.1 Å². The molecule has 6 heteroatoms. The van der Waals surface area contributed by atoms with Crippen LogP contribution in [0.4, 0.5) is 0 Å². The van der Waals surface area contributed by atoms with Crippen molar-refractivity contribution in [3.8, 4) is 11.5 Å². The molecule has 1 aliphatic rings. The Bertz CT molecular complexity index is 790. The van der Waals surface area contributed by atoms with Gasteiger partial charge in [0.25, 0.3) is 5.91 Å².